The number of rotatable bonds is 7. The highest BCUT2D eigenvalue weighted by Gasteiger charge is 2.02. The molecule has 96 valence electrons. The van der Waals surface area contributed by atoms with Crippen molar-refractivity contribution in [2.75, 3.05) is 19.7 Å². The summed E-state index contributed by atoms with van der Waals surface area (Å²) in [6, 6.07) is 6.32. The van der Waals surface area contributed by atoms with Crippen LogP contribution in [-0.2, 0) is 6.54 Å². The lowest BCUT2D eigenvalue weighted by molar-refractivity contribution is 0.337. The van der Waals surface area contributed by atoms with Gasteiger partial charge in [-0.05, 0) is 50.0 Å². The summed E-state index contributed by atoms with van der Waals surface area (Å²) >= 11 is 0. The quantitative estimate of drug-likeness (QED) is 0.762. The van der Waals surface area contributed by atoms with E-state index >= 15 is 0 Å². The molecule has 1 unspecified atom stereocenters. The lowest BCUT2D eigenvalue weighted by atomic mass is 10.1. The summed E-state index contributed by atoms with van der Waals surface area (Å²) in [5.41, 5.74) is 8.05. The Hall–Kier alpha value is -1.06. The Bertz CT molecular complexity index is 339. The number of benzene rings is 1. The van der Waals surface area contributed by atoms with Crippen molar-refractivity contribution < 1.29 is 4.74 Å². The first kappa shape index (κ1) is 14.0. The predicted octanol–water partition coefficient (Wildman–Crippen LogP) is 2.08. The third-order valence-corrected chi connectivity index (χ3v) is 2.76. The summed E-state index contributed by atoms with van der Waals surface area (Å²) in [4.78, 5) is 0. The molecule has 0 aliphatic rings. The van der Waals surface area contributed by atoms with Crippen LogP contribution in [0.3, 0.4) is 0 Å². The molecule has 1 aromatic carbocycles. The van der Waals surface area contributed by atoms with Crippen molar-refractivity contribution in [3.63, 3.8) is 0 Å². The predicted molar refractivity (Wildman–Crippen MR) is 72.3 cm³/mol. The summed E-state index contributed by atoms with van der Waals surface area (Å²) in [6.07, 6.45) is 0. The molecule has 3 nitrogen and oxygen atoms in total. The molecule has 1 aromatic rings. The molecule has 0 saturated carbocycles. The highest BCUT2D eigenvalue weighted by Crippen LogP contribution is 2.18. The standard InChI is InChI=1S/C14H24N2O/c1-4-17-14-6-5-13(7-12(14)3)10-16-9-11(2)8-15/h5-7,11,16H,4,8-10,15H2,1-3H3. The molecule has 0 bridgehead atoms. The van der Waals surface area contributed by atoms with E-state index in [1.54, 1.807) is 0 Å². The van der Waals surface area contributed by atoms with Gasteiger partial charge >= 0.3 is 0 Å². The zero-order valence-electron chi connectivity index (χ0n) is 11.1. The molecule has 0 aromatic heterocycles. The number of hydrogen-bond donors (Lipinski definition) is 2. The Labute approximate surface area is 104 Å². The fraction of sp³-hybridized carbons (Fsp3) is 0.571. The van der Waals surface area contributed by atoms with Crippen LogP contribution in [0.15, 0.2) is 18.2 Å². The molecule has 0 spiro atoms. The lowest BCUT2D eigenvalue weighted by Gasteiger charge is -2.12. The Balaban J connectivity index is 2.47. The molecule has 0 saturated heterocycles. The Morgan fingerprint density at radius 2 is 2.18 bits per heavy atom. The van der Waals surface area contributed by atoms with Gasteiger partial charge in [-0.2, -0.15) is 0 Å². The molecule has 0 heterocycles. The van der Waals surface area contributed by atoms with E-state index in [4.69, 9.17) is 10.5 Å². The van der Waals surface area contributed by atoms with Crippen LogP contribution < -0.4 is 15.8 Å². The van der Waals surface area contributed by atoms with Crippen LogP contribution >= 0.6 is 0 Å². The van der Waals surface area contributed by atoms with E-state index in [2.05, 4.69) is 31.3 Å². The van der Waals surface area contributed by atoms with Gasteiger partial charge in [0, 0.05) is 6.54 Å². The minimum Gasteiger partial charge on any atom is -0.494 e. The monoisotopic (exact) mass is 236 g/mol. The minimum atomic E-state index is 0.527. The van der Waals surface area contributed by atoms with E-state index in [1.807, 2.05) is 13.0 Å². The number of hydrogen-bond acceptors (Lipinski definition) is 3. The molecule has 3 heteroatoms. The van der Waals surface area contributed by atoms with Crippen LogP contribution in [0, 0.1) is 12.8 Å². The SMILES string of the molecule is CCOc1ccc(CNCC(C)CN)cc1C. The van der Waals surface area contributed by atoms with E-state index in [1.165, 1.54) is 11.1 Å². The van der Waals surface area contributed by atoms with Crippen molar-refractivity contribution in [3.05, 3.63) is 29.3 Å². The fourth-order valence-electron chi connectivity index (χ4n) is 1.69. The largest absolute Gasteiger partial charge is 0.494 e. The van der Waals surface area contributed by atoms with Gasteiger partial charge in [0.15, 0.2) is 0 Å². The van der Waals surface area contributed by atoms with Gasteiger partial charge in [0.2, 0.25) is 0 Å². The van der Waals surface area contributed by atoms with Crippen LogP contribution in [-0.4, -0.2) is 19.7 Å². The third kappa shape index (κ3) is 4.75. The molecule has 0 radical (unpaired) electrons. The van der Waals surface area contributed by atoms with Crippen molar-refractivity contribution in [3.8, 4) is 5.75 Å². The van der Waals surface area contributed by atoms with Crippen molar-refractivity contribution in [2.24, 2.45) is 11.7 Å². The summed E-state index contributed by atoms with van der Waals surface area (Å²) < 4.78 is 5.51. The second-order valence-corrected chi connectivity index (χ2v) is 4.50. The van der Waals surface area contributed by atoms with Crippen LogP contribution in [0.25, 0.3) is 0 Å². The van der Waals surface area contributed by atoms with Crippen LogP contribution in [0.4, 0.5) is 0 Å². The lowest BCUT2D eigenvalue weighted by Crippen LogP contribution is -2.25. The Morgan fingerprint density at radius 3 is 2.76 bits per heavy atom. The number of nitrogens with two attached hydrogens (primary N) is 1. The number of nitrogens with one attached hydrogen (secondary N) is 1. The highest BCUT2D eigenvalue weighted by atomic mass is 16.5. The van der Waals surface area contributed by atoms with Gasteiger partial charge in [-0.3, -0.25) is 0 Å². The van der Waals surface area contributed by atoms with Crippen molar-refractivity contribution in [2.45, 2.75) is 27.3 Å². The first-order valence-electron chi connectivity index (χ1n) is 6.30. The van der Waals surface area contributed by atoms with Crippen molar-refractivity contribution in [1.82, 2.24) is 5.32 Å². The van der Waals surface area contributed by atoms with Crippen LogP contribution in [0.1, 0.15) is 25.0 Å². The smallest absolute Gasteiger partial charge is 0.122 e. The molecule has 0 aliphatic heterocycles. The fourth-order valence-corrected chi connectivity index (χ4v) is 1.69. The van der Waals surface area contributed by atoms with E-state index < -0.39 is 0 Å². The zero-order chi connectivity index (χ0) is 12.7. The first-order chi connectivity index (χ1) is 8.17. The maximum absolute atomic E-state index is 5.57. The second-order valence-electron chi connectivity index (χ2n) is 4.50. The summed E-state index contributed by atoms with van der Waals surface area (Å²) in [5.74, 6) is 1.50. The van der Waals surface area contributed by atoms with Crippen molar-refractivity contribution in [1.29, 1.82) is 0 Å². The highest BCUT2D eigenvalue weighted by molar-refractivity contribution is 5.36. The molecule has 0 aliphatic carbocycles. The van der Waals surface area contributed by atoms with Crippen LogP contribution in [0.2, 0.25) is 0 Å². The number of aryl methyl sites for hydroxylation is 1. The van der Waals surface area contributed by atoms with Crippen LogP contribution in [0.5, 0.6) is 5.75 Å². The van der Waals surface area contributed by atoms with Gasteiger partial charge in [-0.25, -0.2) is 0 Å². The molecule has 1 atom stereocenters. The normalized spacial score (nSPS) is 12.5. The van der Waals surface area contributed by atoms with E-state index in [0.717, 1.165) is 25.4 Å². The van der Waals surface area contributed by atoms with Gasteiger partial charge in [0.1, 0.15) is 5.75 Å². The second kappa shape index (κ2) is 7.30. The molecule has 3 N–H and O–H groups in total. The molecule has 0 amide bonds. The average molecular weight is 236 g/mol. The van der Waals surface area contributed by atoms with E-state index in [-0.39, 0.29) is 0 Å². The minimum absolute atomic E-state index is 0.527. The van der Waals surface area contributed by atoms with Gasteiger partial charge in [0.05, 0.1) is 6.61 Å². The molecule has 17 heavy (non-hydrogen) atoms. The summed E-state index contributed by atoms with van der Waals surface area (Å²) in [5, 5.41) is 3.41. The first-order valence-corrected chi connectivity index (χ1v) is 6.30. The Kier molecular flexibility index (Phi) is 6.01. The number of ether oxygens (including phenoxy) is 1. The Morgan fingerprint density at radius 1 is 1.41 bits per heavy atom. The van der Waals surface area contributed by atoms with E-state index in [9.17, 15) is 0 Å². The van der Waals surface area contributed by atoms with Gasteiger partial charge in [-0.1, -0.05) is 19.1 Å². The maximum Gasteiger partial charge on any atom is 0.122 e. The summed E-state index contributed by atoms with van der Waals surface area (Å²) in [6.45, 7) is 9.53. The van der Waals surface area contributed by atoms with E-state index in [0.29, 0.717) is 12.5 Å². The van der Waals surface area contributed by atoms with Gasteiger partial charge < -0.3 is 15.8 Å². The van der Waals surface area contributed by atoms with Crippen molar-refractivity contribution >= 4 is 0 Å². The average Bonchev–Trinajstić information content (AvgIpc) is 2.32. The third-order valence-electron chi connectivity index (χ3n) is 2.76. The molecular formula is C14H24N2O. The topological polar surface area (TPSA) is 47.3 Å². The maximum atomic E-state index is 5.57. The molecule has 0 fully saturated rings. The zero-order valence-corrected chi connectivity index (χ0v) is 11.1. The van der Waals surface area contributed by atoms with Gasteiger partial charge in [0.25, 0.3) is 0 Å². The van der Waals surface area contributed by atoms with Gasteiger partial charge in [-0.15, -0.1) is 0 Å². The summed E-state index contributed by atoms with van der Waals surface area (Å²) in [7, 11) is 0. The molecule has 1 rings (SSSR count). The molecular weight excluding hydrogens is 212 g/mol.